The van der Waals surface area contributed by atoms with Crippen LogP contribution in [0.2, 0.25) is 5.02 Å². The molecule has 1 aliphatic rings. The summed E-state index contributed by atoms with van der Waals surface area (Å²) in [5.74, 6) is 0.288. The van der Waals surface area contributed by atoms with E-state index in [1.807, 2.05) is 42.3 Å². The maximum absolute atomic E-state index is 13.3. The van der Waals surface area contributed by atoms with Gasteiger partial charge in [0.2, 0.25) is 12.2 Å². The number of aliphatic imine (C=N–C) groups is 1. The Morgan fingerprint density at radius 3 is 2.34 bits per heavy atom. The van der Waals surface area contributed by atoms with E-state index >= 15 is 0 Å². The zero-order chi connectivity index (χ0) is 27.3. The van der Waals surface area contributed by atoms with Crippen molar-refractivity contribution in [3.05, 3.63) is 94.5 Å². The number of hydrogen-bond acceptors (Lipinski definition) is 3. The molecule has 196 valence electrons. The molecule has 0 aromatic heterocycles. The number of alkyl halides is 3. The number of aryl methyl sites for hydroxylation is 1. The molecule has 0 spiro atoms. The molecule has 0 bridgehead atoms. The van der Waals surface area contributed by atoms with Crippen molar-refractivity contribution in [1.82, 2.24) is 9.80 Å². The highest BCUT2D eigenvalue weighted by Crippen LogP contribution is 2.32. The normalized spacial score (nSPS) is 16.1. The maximum Gasteiger partial charge on any atom is 0.416 e. The quantitative estimate of drug-likeness (QED) is 0.225. The van der Waals surface area contributed by atoms with Gasteiger partial charge in [0.25, 0.3) is 0 Å². The third-order valence-corrected chi connectivity index (χ3v) is 6.46. The number of benzene rings is 3. The van der Waals surface area contributed by atoms with E-state index in [-0.39, 0.29) is 19.0 Å². The Balaban J connectivity index is 1.63. The first kappa shape index (κ1) is 26.8. The van der Waals surface area contributed by atoms with Crippen LogP contribution in [0.25, 0.3) is 0 Å². The summed E-state index contributed by atoms with van der Waals surface area (Å²) in [7, 11) is 0. The summed E-state index contributed by atoms with van der Waals surface area (Å²) < 4.78 is 39.5. The molecule has 1 fully saturated rings. The van der Waals surface area contributed by atoms with Crippen molar-refractivity contribution >= 4 is 35.0 Å². The van der Waals surface area contributed by atoms with Crippen molar-refractivity contribution in [3.63, 3.8) is 0 Å². The van der Waals surface area contributed by atoms with Gasteiger partial charge in [0.05, 0.1) is 11.6 Å². The Bertz CT molecular complexity index is 1350. The van der Waals surface area contributed by atoms with Crippen molar-refractivity contribution in [3.8, 4) is 6.19 Å². The predicted octanol–water partition coefficient (Wildman–Crippen LogP) is 6.51. The van der Waals surface area contributed by atoms with Gasteiger partial charge in [0.15, 0.2) is 0 Å². The molecule has 11 heteroatoms. The van der Waals surface area contributed by atoms with E-state index < -0.39 is 23.8 Å². The topological polar surface area (TPSA) is 83.8 Å². The lowest BCUT2D eigenvalue weighted by Gasteiger charge is -2.42. The molecule has 2 amide bonds. The molecule has 0 saturated carbocycles. The second-order valence-corrected chi connectivity index (χ2v) is 9.12. The average Bonchev–Trinajstić information content (AvgIpc) is 2.90. The molecule has 2 N–H and O–H groups in total. The molecular weight excluding hydrogens is 517 g/mol. The fourth-order valence-electron chi connectivity index (χ4n) is 4.19. The summed E-state index contributed by atoms with van der Waals surface area (Å²) in [6.45, 7) is 2.67. The van der Waals surface area contributed by atoms with Gasteiger partial charge >= 0.3 is 12.2 Å². The van der Waals surface area contributed by atoms with Crippen LogP contribution in [-0.4, -0.2) is 41.4 Å². The smallest absolute Gasteiger partial charge is 0.338 e. The Labute approximate surface area is 223 Å². The van der Waals surface area contributed by atoms with Crippen LogP contribution in [0.4, 0.5) is 29.3 Å². The first-order valence-corrected chi connectivity index (χ1v) is 12.1. The summed E-state index contributed by atoms with van der Waals surface area (Å²) in [6.07, 6.45) is -2.67. The number of rotatable bonds is 3. The Morgan fingerprint density at radius 1 is 1.03 bits per heavy atom. The van der Waals surface area contributed by atoms with Gasteiger partial charge < -0.3 is 20.4 Å². The highest BCUT2D eigenvalue weighted by Gasteiger charge is 2.35. The molecule has 1 atom stereocenters. The van der Waals surface area contributed by atoms with Crippen molar-refractivity contribution in [2.24, 2.45) is 4.99 Å². The van der Waals surface area contributed by atoms with Crippen LogP contribution in [0.3, 0.4) is 0 Å². The lowest BCUT2D eigenvalue weighted by Crippen LogP contribution is -2.54. The monoisotopic (exact) mass is 540 g/mol. The molecule has 3 aromatic carbocycles. The van der Waals surface area contributed by atoms with Crippen molar-refractivity contribution < 1.29 is 18.0 Å². The SMILES string of the molecule is Cc1ccccc1N/C(=N/C#N)N1CCN(C(=O)Nc2ccc(Cl)cc2)C(c2ccc(C(F)(F)F)cc2)C1. The number of nitrogens with zero attached hydrogens (tertiary/aromatic N) is 4. The number of nitrogens with one attached hydrogen (secondary N) is 2. The molecule has 1 unspecified atom stereocenters. The fraction of sp³-hybridized carbons (Fsp3) is 0.222. The van der Waals surface area contributed by atoms with Crippen LogP contribution in [0.5, 0.6) is 0 Å². The van der Waals surface area contributed by atoms with E-state index in [2.05, 4.69) is 15.6 Å². The van der Waals surface area contributed by atoms with Crippen LogP contribution in [-0.2, 0) is 6.18 Å². The molecule has 3 aromatic rings. The van der Waals surface area contributed by atoms with Crippen LogP contribution in [0.15, 0.2) is 77.8 Å². The maximum atomic E-state index is 13.3. The number of halogens is 4. The highest BCUT2D eigenvalue weighted by molar-refractivity contribution is 6.30. The molecule has 1 aliphatic heterocycles. The largest absolute Gasteiger partial charge is 0.416 e. The predicted molar refractivity (Wildman–Crippen MR) is 141 cm³/mol. The van der Waals surface area contributed by atoms with E-state index in [1.165, 1.54) is 12.1 Å². The molecule has 4 rings (SSSR count). The molecular formula is C27H24ClF3N6O. The number of hydrogen-bond donors (Lipinski definition) is 2. The number of piperazine rings is 1. The molecule has 38 heavy (non-hydrogen) atoms. The van der Waals surface area contributed by atoms with Crippen molar-refractivity contribution in [2.75, 3.05) is 30.3 Å². The van der Waals surface area contributed by atoms with E-state index in [1.54, 1.807) is 29.2 Å². The summed E-state index contributed by atoms with van der Waals surface area (Å²) >= 11 is 5.94. The second kappa shape index (κ2) is 11.4. The number of carbonyl (C=O) groups is 1. The lowest BCUT2D eigenvalue weighted by atomic mass is 10.0. The number of para-hydroxylation sites is 1. The molecule has 0 aliphatic carbocycles. The molecule has 7 nitrogen and oxygen atoms in total. The van der Waals surface area contributed by atoms with E-state index in [9.17, 15) is 23.2 Å². The van der Waals surface area contributed by atoms with Crippen LogP contribution >= 0.6 is 11.6 Å². The van der Waals surface area contributed by atoms with Gasteiger partial charge in [0, 0.05) is 36.0 Å². The summed E-state index contributed by atoms with van der Waals surface area (Å²) in [4.78, 5) is 20.6. The van der Waals surface area contributed by atoms with E-state index in [4.69, 9.17) is 11.6 Å². The summed E-state index contributed by atoms with van der Waals surface area (Å²) in [5.41, 5.74) is 1.97. The molecule has 0 radical (unpaired) electrons. The van der Waals surface area contributed by atoms with E-state index in [0.29, 0.717) is 22.8 Å². The molecule has 1 saturated heterocycles. The minimum absolute atomic E-state index is 0.193. The first-order chi connectivity index (χ1) is 18.2. The van der Waals surface area contributed by atoms with Crippen molar-refractivity contribution in [2.45, 2.75) is 19.1 Å². The number of anilines is 2. The van der Waals surface area contributed by atoms with E-state index in [0.717, 1.165) is 23.4 Å². The number of urea groups is 1. The van der Waals surface area contributed by atoms with Gasteiger partial charge in [-0.05, 0) is 60.5 Å². The Morgan fingerprint density at radius 2 is 1.71 bits per heavy atom. The Hall–Kier alpha value is -4.23. The third kappa shape index (κ3) is 6.36. The average molecular weight is 541 g/mol. The zero-order valence-electron chi connectivity index (χ0n) is 20.3. The number of amides is 2. The Kier molecular flexibility index (Phi) is 8.08. The summed E-state index contributed by atoms with van der Waals surface area (Å²) in [5, 5.41) is 15.9. The highest BCUT2D eigenvalue weighted by atomic mass is 35.5. The third-order valence-electron chi connectivity index (χ3n) is 6.21. The number of carbonyl (C=O) groups excluding carboxylic acids is 1. The van der Waals surface area contributed by atoms with Crippen LogP contribution < -0.4 is 10.6 Å². The van der Waals surface area contributed by atoms with Gasteiger partial charge in [-0.25, -0.2) is 4.79 Å². The zero-order valence-corrected chi connectivity index (χ0v) is 21.1. The van der Waals surface area contributed by atoms with Gasteiger partial charge in [-0.1, -0.05) is 41.9 Å². The fourth-order valence-corrected chi connectivity index (χ4v) is 4.31. The lowest BCUT2D eigenvalue weighted by molar-refractivity contribution is -0.137. The van der Waals surface area contributed by atoms with Gasteiger partial charge in [-0.3, -0.25) is 0 Å². The number of guanidine groups is 1. The minimum Gasteiger partial charge on any atom is -0.338 e. The van der Waals surface area contributed by atoms with Crippen LogP contribution in [0, 0.1) is 18.4 Å². The molecule has 1 heterocycles. The van der Waals surface area contributed by atoms with Gasteiger partial charge in [-0.2, -0.15) is 18.4 Å². The second-order valence-electron chi connectivity index (χ2n) is 8.69. The first-order valence-electron chi connectivity index (χ1n) is 11.7. The van der Waals surface area contributed by atoms with Gasteiger partial charge in [-0.15, -0.1) is 4.99 Å². The summed E-state index contributed by atoms with van der Waals surface area (Å²) in [6, 6.07) is 17.8. The van der Waals surface area contributed by atoms with Crippen molar-refractivity contribution in [1.29, 1.82) is 5.26 Å². The standard InChI is InChI=1S/C27H24ClF3N6O/c1-18-4-2-3-5-23(18)35-25(33-17-32)36-14-15-37(26(38)34-22-12-10-21(28)11-13-22)24(16-36)19-6-8-20(9-7-19)27(29,30)31/h2-13,24H,14-16H2,1H3,(H,33,35)(H,34,38). The minimum atomic E-state index is -4.48. The van der Waals surface area contributed by atoms with Gasteiger partial charge in [0.1, 0.15) is 0 Å². The number of nitriles is 1. The van der Waals surface area contributed by atoms with Crippen LogP contribution in [0.1, 0.15) is 22.7 Å².